The number of nitrogens with zero attached hydrogens (tertiary/aromatic N) is 4. The highest BCUT2D eigenvalue weighted by molar-refractivity contribution is 6.30. The van der Waals surface area contributed by atoms with E-state index in [1.165, 1.54) is 0 Å². The molecular formula is C19H20ClN5O2. The molecule has 1 heterocycles. The van der Waals surface area contributed by atoms with E-state index >= 15 is 0 Å². The molecule has 0 aliphatic heterocycles. The Morgan fingerprint density at radius 3 is 2.59 bits per heavy atom. The minimum absolute atomic E-state index is 0.120. The third-order valence-electron chi connectivity index (χ3n) is 4.00. The summed E-state index contributed by atoms with van der Waals surface area (Å²) in [5, 5.41) is 15.0. The largest absolute Gasteiger partial charge is 0.486 e. The second kappa shape index (κ2) is 9.14. The van der Waals surface area contributed by atoms with Gasteiger partial charge in [0.05, 0.1) is 0 Å². The van der Waals surface area contributed by atoms with E-state index in [9.17, 15) is 4.79 Å². The maximum Gasteiger partial charge on any atom is 0.251 e. The topological polar surface area (TPSA) is 81.9 Å². The number of rotatable bonds is 8. The molecular weight excluding hydrogens is 366 g/mol. The number of amides is 1. The van der Waals surface area contributed by atoms with Crippen LogP contribution in [-0.4, -0.2) is 32.7 Å². The predicted molar refractivity (Wildman–Crippen MR) is 102 cm³/mol. The molecule has 8 heteroatoms. The molecule has 0 unspecified atom stereocenters. The molecule has 3 aromatic rings. The number of halogens is 1. The monoisotopic (exact) mass is 385 g/mol. The van der Waals surface area contributed by atoms with E-state index in [0.29, 0.717) is 35.2 Å². The van der Waals surface area contributed by atoms with E-state index in [0.717, 1.165) is 12.0 Å². The van der Waals surface area contributed by atoms with Gasteiger partial charge in [0.15, 0.2) is 5.82 Å². The molecule has 140 valence electrons. The minimum Gasteiger partial charge on any atom is -0.486 e. The van der Waals surface area contributed by atoms with Gasteiger partial charge in [-0.05, 0) is 65.7 Å². The summed E-state index contributed by atoms with van der Waals surface area (Å²) in [5.41, 5.74) is 1.70. The van der Waals surface area contributed by atoms with Crippen LogP contribution >= 0.6 is 11.6 Å². The molecule has 0 saturated heterocycles. The van der Waals surface area contributed by atoms with Crippen molar-refractivity contribution in [2.45, 2.75) is 26.5 Å². The van der Waals surface area contributed by atoms with Crippen LogP contribution in [0, 0.1) is 0 Å². The van der Waals surface area contributed by atoms with Crippen molar-refractivity contribution in [2.75, 3.05) is 6.54 Å². The molecule has 1 aromatic heterocycles. The van der Waals surface area contributed by atoms with E-state index in [1.807, 2.05) is 31.2 Å². The number of aromatic nitrogens is 4. The Bertz CT molecular complexity index is 878. The molecule has 3 rings (SSSR count). The van der Waals surface area contributed by atoms with Crippen LogP contribution in [0.2, 0.25) is 5.02 Å². The third-order valence-corrected chi connectivity index (χ3v) is 4.25. The molecule has 0 atom stereocenters. The van der Waals surface area contributed by atoms with Crippen LogP contribution in [0.5, 0.6) is 5.75 Å². The maximum absolute atomic E-state index is 12.2. The molecule has 0 aliphatic carbocycles. The summed E-state index contributed by atoms with van der Waals surface area (Å²) in [6, 6.07) is 14.6. The van der Waals surface area contributed by atoms with Crippen LogP contribution in [0.1, 0.15) is 28.7 Å². The fraction of sp³-hybridized carbons (Fsp3) is 0.263. The van der Waals surface area contributed by atoms with Crippen LogP contribution in [-0.2, 0) is 19.6 Å². The van der Waals surface area contributed by atoms with Gasteiger partial charge in [0.2, 0.25) is 0 Å². The highest BCUT2D eigenvalue weighted by atomic mass is 35.5. The van der Waals surface area contributed by atoms with Crippen molar-refractivity contribution in [3.8, 4) is 5.75 Å². The molecule has 0 aliphatic rings. The molecule has 2 aromatic carbocycles. The van der Waals surface area contributed by atoms with E-state index < -0.39 is 0 Å². The number of carbonyl (C=O) groups excluding carboxylic acids is 1. The number of aryl methyl sites for hydroxylation is 1. The first kappa shape index (κ1) is 18.8. The summed E-state index contributed by atoms with van der Waals surface area (Å²) in [7, 11) is 0. The van der Waals surface area contributed by atoms with Gasteiger partial charge in [0, 0.05) is 23.7 Å². The van der Waals surface area contributed by atoms with Gasteiger partial charge in [-0.15, -0.1) is 5.10 Å². The van der Waals surface area contributed by atoms with Gasteiger partial charge in [-0.25, -0.2) is 4.68 Å². The Kier molecular flexibility index (Phi) is 6.38. The van der Waals surface area contributed by atoms with Crippen LogP contribution in [0.25, 0.3) is 0 Å². The highest BCUT2D eigenvalue weighted by Gasteiger charge is 2.07. The molecule has 0 radical (unpaired) electrons. The van der Waals surface area contributed by atoms with Gasteiger partial charge >= 0.3 is 0 Å². The van der Waals surface area contributed by atoms with Crippen molar-refractivity contribution in [1.82, 2.24) is 25.5 Å². The first-order valence-electron chi connectivity index (χ1n) is 8.66. The van der Waals surface area contributed by atoms with Crippen molar-refractivity contribution >= 4 is 17.5 Å². The first-order chi connectivity index (χ1) is 13.2. The zero-order valence-electron chi connectivity index (χ0n) is 14.9. The highest BCUT2D eigenvalue weighted by Crippen LogP contribution is 2.14. The van der Waals surface area contributed by atoms with Crippen molar-refractivity contribution in [1.29, 1.82) is 0 Å². The van der Waals surface area contributed by atoms with Gasteiger partial charge in [-0.2, -0.15) is 0 Å². The Hall–Kier alpha value is -2.93. The molecule has 7 nitrogen and oxygen atoms in total. The standard InChI is InChI=1S/C19H20ClN5O2/c1-2-25-18(22-23-24-25)13-27-17-9-5-15(6-10-17)19(26)21-12-11-14-3-7-16(20)8-4-14/h3-10H,2,11-13H2,1H3,(H,21,26). The van der Waals surface area contributed by atoms with Gasteiger partial charge < -0.3 is 10.1 Å². The number of ether oxygens (including phenoxy) is 1. The second-order valence-corrected chi connectivity index (χ2v) is 6.29. The van der Waals surface area contributed by atoms with Gasteiger partial charge in [-0.3, -0.25) is 4.79 Å². The number of benzene rings is 2. The van der Waals surface area contributed by atoms with Crippen molar-refractivity contribution in [3.05, 3.63) is 70.5 Å². The summed E-state index contributed by atoms with van der Waals surface area (Å²) in [6.07, 6.45) is 0.746. The molecule has 0 spiro atoms. The summed E-state index contributed by atoms with van der Waals surface area (Å²) < 4.78 is 7.34. The number of carbonyl (C=O) groups is 1. The third kappa shape index (κ3) is 5.27. The lowest BCUT2D eigenvalue weighted by Gasteiger charge is -2.08. The van der Waals surface area contributed by atoms with E-state index in [-0.39, 0.29) is 12.5 Å². The smallest absolute Gasteiger partial charge is 0.251 e. The molecule has 0 bridgehead atoms. The van der Waals surface area contributed by atoms with E-state index in [1.54, 1.807) is 28.9 Å². The van der Waals surface area contributed by atoms with Gasteiger partial charge in [0.25, 0.3) is 5.91 Å². The minimum atomic E-state index is -0.120. The number of hydrogen-bond acceptors (Lipinski definition) is 5. The molecule has 0 fully saturated rings. The molecule has 1 amide bonds. The molecule has 27 heavy (non-hydrogen) atoms. The lowest BCUT2D eigenvalue weighted by atomic mass is 10.1. The quantitative estimate of drug-likeness (QED) is 0.644. The van der Waals surface area contributed by atoms with E-state index in [4.69, 9.17) is 16.3 Å². The first-order valence-corrected chi connectivity index (χ1v) is 9.04. The second-order valence-electron chi connectivity index (χ2n) is 5.86. The molecule has 1 N–H and O–H groups in total. The van der Waals surface area contributed by atoms with Crippen LogP contribution in [0.4, 0.5) is 0 Å². The molecule has 0 saturated carbocycles. The van der Waals surface area contributed by atoms with Crippen LogP contribution in [0.3, 0.4) is 0 Å². The summed E-state index contributed by atoms with van der Waals surface area (Å²) in [5.74, 6) is 1.19. The number of nitrogens with one attached hydrogen (secondary N) is 1. The SMILES string of the molecule is CCn1nnnc1COc1ccc(C(=O)NCCc2ccc(Cl)cc2)cc1. The van der Waals surface area contributed by atoms with E-state index in [2.05, 4.69) is 20.8 Å². The summed E-state index contributed by atoms with van der Waals surface area (Å²) in [4.78, 5) is 12.2. The maximum atomic E-state index is 12.2. The average molecular weight is 386 g/mol. The van der Waals surface area contributed by atoms with Gasteiger partial charge in [0.1, 0.15) is 12.4 Å². The fourth-order valence-corrected chi connectivity index (χ4v) is 2.62. The van der Waals surface area contributed by atoms with Crippen molar-refractivity contribution in [3.63, 3.8) is 0 Å². The number of hydrogen-bond donors (Lipinski definition) is 1. The predicted octanol–water partition coefficient (Wildman–Crippen LogP) is 2.90. The van der Waals surface area contributed by atoms with Crippen molar-refractivity contribution < 1.29 is 9.53 Å². The van der Waals surface area contributed by atoms with Crippen molar-refractivity contribution in [2.24, 2.45) is 0 Å². The van der Waals surface area contributed by atoms with Crippen LogP contribution in [0.15, 0.2) is 48.5 Å². The zero-order valence-corrected chi connectivity index (χ0v) is 15.7. The van der Waals surface area contributed by atoms with Gasteiger partial charge in [-0.1, -0.05) is 23.7 Å². The Morgan fingerprint density at radius 1 is 1.15 bits per heavy atom. The Labute approximate surface area is 162 Å². The lowest BCUT2D eigenvalue weighted by Crippen LogP contribution is -2.25. The summed E-state index contributed by atoms with van der Waals surface area (Å²) >= 11 is 5.86. The fourth-order valence-electron chi connectivity index (χ4n) is 2.50. The lowest BCUT2D eigenvalue weighted by molar-refractivity contribution is 0.0954. The average Bonchev–Trinajstić information content (AvgIpc) is 3.16. The normalized spacial score (nSPS) is 10.6. The van der Waals surface area contributed by atoms with Crippen LogP contribution < -0.4 is 10.1 Å². The Balaban J connectivity index is 1.47. The number of tetrazole rings is 1. The zero-order chi connectivity index (χ0) is 19.1. The Morgan fingerprint density at radius 2 is 1.89 bits per heavy atom. The summed E-state index contributed by atoms with van der Waals surface area (Å²) in [6.45, 7) is 3.47.